The molecule has 0 spiro atoms. The second-order valence-electron chi connectivity index (χ2n) is 6.70. The Labute approximate surface area is 151 Å². The summed E-state index contributed by atoms with van der Waals surface area (Å²) in [4.78, 5) is 24.6. The Morgan fingerprint density at radius 3 is 2.73 bits per heavy atom. The van der Waals surface area contributed by atoms with Gasteiger partial charge in [-0.15, -0.1) is 0 Å². The highest BCUT2D eigenvalue weighted by Crippen LogP contribution is 2.35. The average molecular weight is 347 g/mol. The number of hydrogen-bond acceptors (Lipinski definition) is 3. The predicted molar refractivity (Wildman–Crippen MR) is 103 cm³/mol. The molecule has 0 radical (unpaired) electrons. The maximum Gasteiger partial charge on any atom is 0.276 e. The summed E-state index contributed by atoms with van der Waals surface area (Å²) in [5, 5.41) is 9.51. The maximum absolute atomic E-state index is 12.7. The zero-order chi connectivity index (χ0) is 18.1. The lowest BCUT2D eigenvalue weighted by atomic mass is 10.0. The highest BCUT2D eigenvalue weighted by atomic mass is 16.2. The average Bonchev–Trinajstić information content (AvgIpc) is 3.08. The Morgan fingerprint density at radius 1 is 1.12 bits per heavy atom. The van der Waals surface area contributed by atoms with Crippen LogP contribution in [0.25, 0.3) is 10.8 Å². The van der Waals surface area contributed by atoms with Crippen LogP contribution >= 0.6 is 0 Å². The van der Waals surface area contributed by atoms with E-state index in [9.17, 15) is 9.59 Å². The van der Waals surface area contributed by atoms with Crippen LogP contribution in [-0.4, -0.2) is 15.7 Å². The molecule has 1 aliphatic carbocycles. The number of carbonyl (C=O) groups excluding carboxylic acids is 1. The van der Waals surface area contributed by atoms with Crippen molar-refractivity contribution in [1.29, 1.82) is 0 Å². The third-order valence-corrected chi connectivity index (χ3v) is 4.95. The number of rotatable bonds is 5. The van der Waals surface area contributed by atoms with E-state index in [4.69, 9.17) is 0 Å². The summed E-state index contributed by atoms with van der Waals surface area (Å²) in [6.45, 7) is 2.58. The van der Waals surface area contributed by atoms with Crippen LogP contribution in [0.3, 0.4) is 0 Å². The van der Waals surface area contributed by atoms with Crippen molar-refractivity contribution in [2.45, 2.75) is 39.2 Å². The van der Waals surface area contributed by atoms with Gasteiger partial charge in [0.1, 0.15) is 5.69 Å². The summed E-state index contributed by atoms with van der Waals surface area (Å²) in [7, 11) is 0. The topological polar surface area (TPSA) is 64.0 Å². The SMILES string of the molecule is CCCCn1nc(C(=O)Nc2ccc3c4c(cccc24)CC3)ccc1=O. The molecule has 0 unspecified atom stereocenters. The molecule has 5 heteroatoms. The lowest BCUT2D eigenvalue weighted by Gasteiger charge is -2.11. The Bertz CT molecular complexity index is 1040. The number of aryl methyl sites for hydroxylation is 3. The van der Waals surface area contributed by atoms with Crippen molar-refractivity contribution in [3.8, 4) is 0 Å². The van der Waals surface area contributed by atoms with Gasteiger partial charge in [0.25, 0.3) is 11.5 Å². The van der Waals surface area contributed by atoms with Crippen molar-refractivity contribution < 1.29 is 4.79 Å². The monoisotopic (exact) mass is 347 g/mol. The minimum atomic E-state index is -0.297. The highest BCUT2D eigenvalue weighted by Gasteiger charge is 2.17. The van der Waals surface area contributed by atoms with Crippen molar-refractivity contribution in [1.82, 2.24) is 9.78 Å². The van der Waals surface area contributed by atoms with Crippen LogP contribution in [0.1, 0.15) is 41.4 Å². The van der Waals surface area contributed by atoms with Gasteiger partial charge in [-0.25, -0.2) is 4.68 Å². The second-order valence-corrected chi connectivity index (χ2v) is 6.70. The maximum atomic E-state index is 12.7. The molecule has 0 aliphatic heterocycles. The smallest absolute Gasteiger partial charge is 0.276 e. The summed E-state index contributed by atoms with van der Waals surface area (Å²) in [5.74, 6) is -0.297. The molecule has 0 bridgehead atoms. The fraction of sp³-hybridized carbons (Fsp3) is 0.286. The third-order valence-electron chi connectivity index (χ3n) is 4.95. The minimum absolute atomic E-state index is 0.180. The van der Waals surface area contributed by atoms with Crippen LogP contribution in [0.5, 0.6) is 0 Å². The molecule has 1 heterocycles. The van der Waals surface area contributed by atoms with Gasteiger partial charge in [-0.2, -0.15) is 5.10 Å². The summed E-state index contributed by atoms with van der Waals surface area (Å²) in [5.41, 5.74) is 3.52. The number of nitrogens with zero attached hydrogens (tertiary/aromatic N) is 2. The van der Waals surface area contributed by atoms with E-state index in [0.29, 0.717) is 6.54 Å². The quantitative estimate of drug-likeness (QED) is 0.768. The van der Waals surface area contributed by atoms with E-state index in [2.05, 4.69) is 29.5 Å². The first kappa shape index (κ1) is 16.5. The molecular weight excluding hydrogens is 326 g/mol. The Balaban J connectivity index is 1.65. The normalized spacial score (nSPS) is 12.5. The van der Waals surface area contributed by atoms with Gasteiger partial charge in [-0.05, 0) is 47.9 Å². The zero-order valence-electron chi connectivity index (χ0n) is 14.8. The fourth-order valence-electron chi connectivity index (χ4n) is 3.58. The van der Waals surface area contributed by atoms with Gasteiger partial charge >= 0.3 is 0 Å². The summed E-state index contributed by atoms with van der Waals surface area (Å²) in [6, 6.07) is 13.2. The van der Waals surface area contributed by atoms with E-state index in [0.717, 1.165) is 36.8 Å². The van der Waals surface area contributed by atoms with Gasteiger partial charge in [0.05, 0.1) is 0 Å². The van der Waals surface area contributed by atoms with Gasteiger partial charge < -0.3 is 5.32 Å². The molecule has 3 aromatic rings. The van der Waals surface area contributed by atoms with Crippen LogP contribution in [0.2, 0.25) is 0 Å². The molecule has 1 aromatic heterocycles. The first-order valence-electron chi connectivity index (χ1n) is 9.10. The van der Waals surface area contributed by atoms with Gasteiger partial charge in [-0.1, -0.05) is 37.6 Å². The van der Waals surface area contributed by atoms with Crippen molar-refractivity contribution in [2.24, 2.45) is 0 Å². The lowest BCUT2D eigenvalue weighted by molar-refractivity contribution is 0.102. The Hall–Kier alpha value is -2.95. The van der Waals surface area contributed by atoms with Gasteiger partial charge in [0.15, 0.2) is 0 Å². The molecule has 1 amide bonds. The number of unbranched alkanes of at least 4 members (excludes halogenated alkanes) is 1. The first-order chi connectivity index (χ1) is 12.7. The van der Waals surface area contributed by atoms with E-state index in [-0.39, 0.29) is 17.2 Å². The molecule has 5 nitrogen and oxygen atoms in total. The van der Waals surface area contributed by atoms with Crippen molar-refractivity contribution in [3.05, 3.63) is 69.6 Å². The van der Waals surface area contributed by atoms with E-state index in [1.165, 1.54) is 33.3 Å². The summed E-state index contributed by atoms with van der Waals surface area (Å²) >= 11 is 0. The number of nitrogens with one attached hydrogen (secondary N) is 1. The molecule has 4 rings (SSSR count). The molecule has 1 N–H and O–H groups in total. The molecule has 0 fully saturated rings. The van der Waals surface area contributed by atoms with Crippen LogP contribution in [0.4, 0.5) is 5.69 Å². The lowest BCUT2D eigenvalue weighted by Crippen LogP contribution is -2.26. The Kier molecular flexibility index (Phi) is 4.29. The molecule has 26 heavy (non-hydrogen) atoms. The summed E-state index contributed by atoms with van der Waals surface area (Å²) in [6.07, 6.45) is 3.92. The van der Waals surface area contributed by atoms with Crippen molar-refractivity contribution >= 4 is 22.4 Å². The number of hydrogen-bond donors (Lipinski definition) is 1. The molecule has 0 atom stereocenters. The van der Waals surface area contributed by atoms with E-state index >= 15 is 0 Å². The van der Waals surface area contributed by atoms with Crippen molar-refractivity contribution in [3.63, 3.8) is 0 Å². The zero-order valence-corrected chi connectivity index (χ0v) is 14.8. The Morgan fingerprint density at radius 2 is 1.92 bits per heavy atom. The van der Waals surface area contributed by atoms with Crippen LogP contribution in [0, 0.1) is 0 Å². The van der Waals surface area contributed by atoms with E-state index in [1.54, 1.807) is 0 Å². The number of aromatic nitrogens is 2. The number of anilines is 1. The minimum Gasteiger partial charge on any atom is -0.320 e. The van der Waals surface area contributed by atoms with Crippen LogP contribution in [-0.2, 0) is 19.4 Å². The van der Waals surface area contributed by atoms with E-state index < -0.39 is 0 Å². The first-order valence-corrected chi connectivity index (χ1v) is 9.10. The largest absolute Gasteiger partial charge is 0.320 e. The van der Waals surface area contributed by atoms with Crippen LogP contribution < -0.4 is 10.9 Å². The number of benzene rings is 2. The standard InChI is InChI=1S/C21H21N3O2/c1-2-3-13-24-19(25)12-11-18(23-24)21(26)22-17-10-9-15-8-7-14-5-4-6-16(17)20(14)15/h4-6,9-12H,2-3,7-8,13H2,1H3,(H,22,26). The summed E-state index contributed by atoms with van der Waals surface area (Å²) < 4.78 is 1.37. The van der Waals surface area contributed by atoms with Crippen LogP contribution in [0.15, 0.2) is 47.3 Å². The van der Waals surface area contributed by atoms with Gasteiger partial charge in [-0.3, -0.25) is 9.59 Å². The number of carbonyl (C=O) groups is 1. The van der Waals surface area contributed by atoms with Gasteiger partial charge in [0.2, 0.25) is 0 Å². The molecule has 0 saturated carbocycles. The molecular formula is C21H21N3O2. The predicted octanol–water partition coefficient (Wildman–Crippen LogP) is 3.55. The molecule has 132 valence electrons. The molecule has 1 aliphatic rings. The van der Waals surface area contributed by atoms with E-state index in [1.807, 2.05) is 18.2 Å². The number of amides is 1. The highest BCUT2D eigenvalue weighted by molar-refractivity contribution is 6.09. The third kappa shape index (κ3) is 2.90. The van der Waals surface area contributed by atoms with Gasteiger partial charge in [0, 0.05) is 23.7 Å². The molecule has 0 saturated heterocycles. The van der Waals surface area contributed by atoms with Crippen molar-refractivity contribution in [2.75, 3.05) is 5.32 Å². The second kappa shape index (κ2) is 6.75. The molecule has 2 aromatic carbocycles. The fourth-order valence-corrected chi connectivity index (χ4v) is 3.58.